The first-order valence-corrected chi connectivity index (χ1v) is 4.01. The lowest BCUT2D eigenvalue weighted by Crippen LogP contribution is -2.04. The summed E-state index contributed by atoms with van der Waals surface area (Å²) in [6.07, 6.45) is 0. The van der Waals surface area contributed by atoms with Gasteiger partial charge < -0.3 is 4.74 Å². The summed E-state index contributed by atoms with van der Waals surface area (Å²) in [5.74, 6) is -0.0643. The fourth-order valence-electron chi connectivity index (χ4n) is 1.12. The van der Waals surface area contributed by atoms with E-state index in [0.29, 0.717) is 5.56 Å². The normalized spacial score (nSPS) is 10.0. The molecule has 0 amide bonds. The predicted octanol–water partition coefficient (Wildman–Crippen LogP) is 2.78. The fourth-order valence-corrected chi connectivity index (χ4v) is 1.12. The lowest BCUT2D eigenvalue weighted by molar-refractivity contribution is -0.0500. The quantitative estimate of drug-likeness (QED) is 0.730. The molecule has 0 aliphatic rings. The molecule has 74 valence electrons. The summed E-state index contributed by atoms with van der Waals surface area (Å²) in [5.41, 5.74) is 1.72. The summed E-state index contributed by atoms with van der Waals surface area (Å²) in [6.45, 7) is 0.610. The second kappa shape index (κ2) is 4.05. The van der Waals surface area contributed by atoms with Crippen LogP contribution < -0.4 is 4.74 Å². The van der Waals surface area contributed by atoms with Crippen LogP contribution in [0.5, 0.6) is 5.75 Å². The number of nitriles is 1. The molecule has 1 aromatic rings. The van der Waals surface area contributed by atoms with Crippen LogP contribution in [0.4, 0.5) is 8.78 Å². The molecule has 0 radical (unpaired) electrons. The van der Waals surface area contributed by atoms with E-state index in [1.807, 2.05) is 13.0 Å². The number of hydrogen-bond acceptors (Lipinski definition) is 2. The highest BCUT2D eigenvalue weighted by Crippen LogP contribution is 2.25. The third-order valence-electron chi connectivity index (χ3n) is 2.03. The Labute approximate surface area is 80.7 Å². The summed E-state index contributed by atoms with van der Waals surface area (Å²) in [5, 5.41) is 8.76. The Kier molecular flexibility index (Phi) is 3.03. The van der Waals surface area contributed by atoms with Gasteiger partial charge in [0.2, 0.25) is 0 Å². The third kappa shape index (κ3) is 1.99. The van der Waals surface area contributed by atoms with Crippen LogP contribution in [0.15, 0.2) is 12.1 Å². The molecule has 0 heterocycles. The zero-order valence-electron chi connectivity index (χ0n) is 7.84. The molecule has 4 heteroatoms. The molecule has 1 rings (SSSR count). The summed E-state index contributed by atoms with van der Waals surface area (Å²) in [6, 6.07) is 4.88. The number of aryl methyl sites for hydroxylation is 1. The molecular weight excluding hydrogens is 188 g/mol. The highest BCUT2D eigenvalue weighted by Gasteiger charge is 2.12. The van der Waals surface area contributed by atoms with Crippen molar-refractivity contribution in [3.05, 3.63) is 28.8 Å². The van der Waals surface area contributed by atoms with Gasteiger partial charge in [-0.25, -0.2) is 0 Å². The predicted molar refractivity (Wildman–Crippen MR) is 47.3 cm³/mol. The van der Waals surface area contributed by atoms with Gasteiger partial charge in [0.1, 0.15) is 11.8 Å². The minimum Gasteiger partial charge on any atom is -0.433 e. The lowest BCUT2D eigenvalue weighted by Gasteiger charge is -2.09. The summed E-state index contributed by atoms with van der Waals surface area (Å²) < 4.78 is 28.1. The monoisotopic (exact) mass is 197 g/mol. The van der Waals surface area contributed by atoms with Crippen LogP contribution in [0.25, 0.3) is 0 Å². The molecule has 0 unspecified atom stereocenters. The molecule has 0 fully saturated rings. The molecule has 0 atom stereocenters. The first-order chi connectivity index (χ1) is 6.56. The summed E-state index contributed by atoms with van der Waals surface area (Å²) in [4.78, 5) is 0. The molecular formula is C10H9F2NO. The van der Waals surface area contributed by atoms with Crippen LogP contribution >= 0.6 is 0 Å². The zero-order chi connectivity index (χ0) is 10.7. The van der Waals surface area contributed by atoms with Gasteiger partial charge in [0.05, 0.1) is 5.56 Å². The van der Waals surface area contributed by atoms with Gasteiger partial charge in [-0.3, -0.25) is 0 Å². The number of hydrogen-bond donors (Lipinski definition) is 0. The number of benzene rings is 1. The molecule has 0 saturated carbocycles. The van der Waals surface area contributed by atoms with Crippen LogP contribution in [0.3, 0.4) is 0 Å². The maximum Gasteiger partial charge on any atom is 0.387 e. The number of nitrogens with zero attached hydrogens (tertiary/aromatic N) is 1. The van der Waals surface area contributed by atoms with Crippen molar-refractivity contribution in [3.63, 3.8) is 0 Å². The molecule has 0 bridgehead atoms. The molecule has 0 aromatic heterocycles. The molecule has 0 saturated heterocycles. The minimum absolute atomic E-state index is 0.0643. The van der Waals surface area contributed by atoms with Crippen molar-refractivity contribution < 1.29 is 13.5 Å². The molecule has 2 nitrogen and oxygen atoms in total. The second-order valence-electron chi connectivity index (χ2n) is 2.87. The van der Waals surface area contributed by atoms with Crippen LogP contribution in [0, 0.1) is 25.2 Å². The SMILES string of the molecule is Cc1ccc(OC(F)F)c(C#N)c1C. The number of halogens is 2. The molecule has 0 spiro atoms. The minimum atomic E-state index is -2.90. The molecule has 0 N–H and O–H groups in total. The van der Waals surface area contributed by atoms with Crippen molar-refractivity contribution in [1.82, 2.24) is 0 Å². The van der Waals surface area contributed by atoms with E-state index < -0.39 is 6.61 Å². The zero-order valence-corrected chi connectivity index (χ0v) is 7.84. The molecule has 1 aromatic carbocycles. The van der Waals surface area contributed by atoms with Gasteiger partial charge >= 0.3 is 6.61 Å². The van der Waals surface area contributed by atoms with E-state index >= 15 is 0 Å². The second-order valence-corrected chi connectivity index (χ2v) is 2.87. The standard InChI is InChI=1S/C10H9F2NO/c1-6-3-4-9(14-10(11)12)8(5-13)7(6)2/h3-4,10H,1-2H3. The Hall–Kier alpha value is -1.63. The third-order valence-corrected chi connectivity index (χ3v) is 2.03. The van der Waals surface area contributed by atoms with Gasteiger partial charge in [-0.1, -0.05) is 6.07 Å². The van der Waals surface area contributed by atoms with Crippen LogP contribution in [-0.4, -0.2) is 6.61 Å². The van der Waals surface area contributed by atoms with Crippen molar-refractivity contribution in [1.29, 1.82) is 5.26 Å². The van der Waals surface area contributed by atoms with Crippen molar-refractivity contribution in [3.8, 4) is 11.8 Å². The van der Waals surface area contributed by atoms with E-state index in [-0.39, 0.29) is 11.3 Å². The Balaban J connectivity index is 3.19. The van der Waals surface area contributed by atoms with E-state index in [9.17, 15) is 8.78 Å². The topological polar surface area (TPSA) is 33.0 Å². The highest BCUT2D eigenvalue weighted by atomic mass is 19.3. The van der Waals surface area contributed by atoms with Crippen LogP contribution in [0.1, 0.15) is 16.7 Å². The summed E-state index contributed by atoms with van der Waals surface area (Å²) in [7, 11) is 0. The fraction of sp³-hybridized carbons (Fsp3) is 0.300. The molecule has 14 heavy (non-hydrogen) atoms. The van der Waals surface area contributed by atoms with Gasteiger partial charge in [-0.2, -0.15) is 14.0 Å². The Morgan fingerprint density at radius 2 is 2.00 bits per heavy atom. The van der Waals surface area contributed by atoms with Gasteiger partial charge in [-0.05, 0) is 31.0 Å². The first-order valence-electron chi connectivity index (χ1n) is 4.01. The van der Waals surface area contributed by atoms with E-state index in [1.165, 1.54) is 6.07 Å². The van der Waals surface area contributed by atoms with Crippen LogP contribution in [0.2, 0.25) is 0 Å². The Morgan fingerprint density at radius 3 is 2.50 bits per heavy atom. The average Bonchev–Trinajstić information content (AvgIpc) is 2.11. The number of alkyl halides is 2. The average molecular weight is 197 g/mol. The molecule has 0 aliphatic heterocycles. The van der Waals surface area contributed by atoms with Gasteiger partial charge in [-0.15, -0.1) is 0 Å². The van der Waals surface area contributed by atoms with Crippen molar-refractivity contribution in [2.75, 3.05) is 0 Å². The lowest BCUT2D eigenvalue weighted by atomic mass is 10.0. The van der Waals surface area contributed by atoms with Gasteiger partial charge in [0, 0.05) is 0 Å². The van der Waals surface area contributed by atoms with Gasteiger partial charge in [0.15, 0.2) is 0 Å². The van der Waals surface area contributed by atoms with Crippen molar-refractivity contribution in [2.24, 2.45) is 0 Å². The van der Waals surface area contributed by atoms with Crippen molar-refractivity contribution >= 4 is 0 Å². The van der Waals surface area contributed by atoms with Crippen LogP contribution in [-0.2, 0) is 0 Å². The first kappa shape index (κ1) is 10.5. The van der Waals surface area contributed by atoms with E-state index in [2.05, 4.69) is 4.74 Å². The Morgan fingerprint density at radius 1 is 1.36 bits per heavy atom. The number of ether oxygens (including phenoxy) is 1. The molecule has 0 aliphatic carbocycles. The maximum atomic E-state index is 11.9. The highest BCUT2D eigenvalue weighted by molar-refractivity contribution is 5.51. The van der Waals surface area contributed by atoms with Crippen molar-refractivity contribution in [2.45, 2.75) is 20.5 Å². The number of rotatable bonds is 2. The maximum absolute atomic E-state index is 11.9. The summed E-state index contributed by atoms with van der Waals surface area (Å²) >= 11 is 0. The van der Waals surface area contributed by atoms with E-state index in [0.717, 1.165) is 5.56 Å². The smallest absolute Gasteiger partial charge is 0.387 e. The van der Waals surface area contributed by atoms with E-state index in [4.69, 9.17) is 5.26 Å². The van der Waals surface area contributed by atoms with Gasteiger partial charge in [0.25, 0.3) is 0 Å². The van der Waals surface area contributed by atoms with E-state index in [1.54, 1.807) is 13.0 Å². The Bertz CT molecular complexity index is 382. The largest absolute Gasteiger partial charge is 0.433 e.